The first-order chi connectivity index (χ1) is 16.8. The van der Waals surface area contributed by atoms with Gasteiger partial charge in [-0.25, -0.2) is 14.2 Å². The molecule has 1 aliphatic heterocycles. The lowest BCUT2D eigenvalue weighted by Crippen LogP contribution is -2.31. The maximum absolute atomic E-state index is 13.2. The van der Waals surface area contributed by atoms with Crippen LogP contribution in [-0.2, 0) is 4.74 Å². The van der Waals surface area contributed by atoms with E-state index in [2.05, 4.69) is 10.3 Å². The predicted octanol–water partition coefficient (Wildman–Crippen LogP) is 4.81. The third-order valence-corrected chi connectivity index (χ3v) is 6.02. The van der Waals surface area contributed by atoms with Crippen LogP contribution < -0.4 is 15.0 Å². The van der Waals surface area contributed by atoms with Gasteiger partial charge in [-0.3, -0.25) is 4.79 Å². The fourth-order valence-electron chi connectivity index (χ4n) is 3.96. The van der Waals surface area contributed by atoms with E-state index in [1.165, 1.54) is 25.4 Å². The second-order valence-corrected chi connectivity index (χ2v) is 8.70. The van der Waals surface area contributed by atoms with Crippen molar-refractivity contribution in [3.63, 3.8) is 0 Å². The number of methoxy groups -OCH3 is 1. The maximum atomic E-state index is 13.2. The number of hydrogen-bond acceptors (Lipinski definition) is 6. The highest BCUT2D eigenvalue weighted by atomic mass is 35.5. The number of pyridine rings is 1. The van der Waals surface area contributed by atoms with Crippen LogP contribution in [0.15, 0.2) is 60.8 Å². The number of amides is 1. The molecule has 182 valence electrons. The van der Waals surface area contributed by atoms with Crippen LogP contribution in [0.3, 0.4) is 0 Å². The molecule has 2 aromatic carbocycles. The SMILES string of the molecule is COC(=O)c1ccc(C(C)NC(=O)c2cc(Cl)cnc2N2CCC(Oc3ccc(F)cc3)C2)cc1. The lowest BCUT2D eigenvalue weighted by molar-refractivity contribution is 0.0600. The molecule has 1 aliphatic rings. The van der Waals surface area contributed by atoms with Gasteiger partial charge in [-0.1, -0.05) is 23.7 Å². The van der Waals surface area contributed by atoms with Gasteiger partial charge in [-0.2, -0.15) is 0 Å². The van der Waals surface area contributed by atoms with E-state index < -0.39 is 5.97 Å². The summed E-state index contributed by atoms with van der Waals surface area (Å²) >= 11 is 6.17. The molecule has 1 amide bonds. The summed E-state index contributed by atoms with van der Waals surface area (Å²) in [4.78, 5) is 31.3. The number of hydrogen-bond donors (Lipinski definition) is 1. The van der Waals surface area contributed by atoms with Crippen LogP contribution in [-0.4, -0.2) is 43.2 Å². The Morgan fingerprint density at radius 1 is 1.17 bits per heavy atom. The summed E-state index contributed by atoms with van der Waals surface area (Å²) in [6, 6.07) is 14.0. The van der Waals surface area contributed by atoms with Gasteiger partial charge in [0.05, 0.1) is 35.8 Å². The normalized spacial score (nSPS) is 16.0. The van der Waals surface area contributed by atoms with E-state index in [9.17, 15) is 14.0 Å². The molecule has 1 aromatic heterocycles. The van der Waals surface area contributed by atoms with E-state index in [1.807, 2.05) is 11.8 Å². The van der Waals surface area contributed by atoms with E-state index in [0.717, 1.165) is 12.0 Å². The molecule has 0 radical (unpaired) electrons. The molecule has 1 fully saturated rings. The molecule has 2 heterocycles. The van der Waals surface area contributed by atoms with Crippen LogP contribution >= 0.6 is 11.6 Å². The van der Waals surface area contributed by atoms with Crippen molar-refractivity contribution in [3.05, 3.63) is 88.3 Å². The number of anilines is 1. The van der Waals surface area contributed by atoms with Gasteiger partial charge in [-0.05, 0) is 55.0 Å². The molecule has 0 spiro atoms. The predicted molar refractivity (Wildman–Crippen MR) is 131 cm³/mol. The molecular formula is C26H25ClFN3O4. The first-order valence-electron chi connectivity index (χ1n) is 11.2. The van der Waals surface area contributed by atoms with Gasteiger partial charge >= 0.3 is 5.97 Å². The maximum Gasteiger partial charge on any atom is 0.337 e. The topological polar surface area (TPSA) is 80.8 Å². The molecule has 9 heteroatoms. The summed E-state index contributed by atoms with van der Waals surface area (Å²) in [7, 11) is 1.33. The highest BCUT2D eigenvalue weighted by molar-refractivity contribution is 6.31. The largest absolute Gasteiger partial charge is 0.489 e. The van der Waals surface area contributed by atoms with Gasteiger partial charge in [-0.15, -0.1) is 0 Å². The number of ether oxygens (including phenoxy) is 2. The Morgan fingerprint density at radius 3 is 2.57 bits per heavy atom. The number of nitrogens with one attached hydrogen (secondary N) is 1. The Kier molecular flexibility index (Phi) is 7.51. The number of benzene rings is 2. The quantitative estimate of drug-likeness (QED) is 0.472. The standard InChI is InChI=1S/C26H25ClFN3O4/c1-16(17-3-5-18(6-4-17)26(33)34-2)30-25(32)23-13-19(27)14-29-24(23)31-12-11-22(15-31)35-21-9-7-20(28)8-10-21/h3-10,13-14,16,22H,11-12,15H2,1-2H3,(H,30,32). The van der Waals surface area contributed by atoms with Crippen molar-refractivity contribution < 1.29 is 23.5 Å². The van der Waals surface area contributed by atoms with Crippen LogP contribution in [0.5, 0.6) is 5.75 Å². The van der Waals surface area contributed by atoms with Gasteiger partial charge in [0, 0.05) is 19.2 Å². The molecule has 1 saturated heterocycles. The minimum Gasteiger partial charge on any atom is -0.489 e. The Morgan fingerprint density at radius 2 is 1.89 bits per heavy atom. The summed E-state index contributed by atoms with van der Waals surface area (Å²) < 4.78 is 23.8. The molecule has 0 saturated carbocycles. The van der Waals surface area contributed by atoms with E-state index in [-0.39, 0.29) is 23.9 Å². The number of carbonyl (C=O) groups excluding carboxylic acids is 2. The van der Waals surface area contributed by atoms with Gasteiger partial charge in [0.1, 0.15) is 23.5 Å². The number of nitrogens with zero attached hydrogens (tertiary/aromatic N) is 2. The smallest absolute Gasteiger partial charge is 0.337 e. The number of aromatic nitrogens is 1. The Bertz CT molecular complexity index is 1200. The molecule has 35 heavy (non-hydrogen) atoms. The summed E-state index contributed by atoms with van der Waals surface area (Å²) in [5, 5.41) is 3.33. The molecule has 0 aliphatic carbocycles. The summed E-state index contributed by atoms with van der Waals surface area (Å²) in [6.45, 7) is 3.02. The van der Waals surface area contributed by atoms with Gasteiger partial charge < -0.3 is 19.7 Å². The Hall–Kier alpha value is -3.65. The number of esters is 1. The third kappa shape index (κ3) is 5.89. The highest BCUT2D eigenvalue weighted by Gasteiger charge is 2.29. The van der Waals surface area contributed by atoms with E-state index in [0.29, 0.717) is 40.8 Å². The second kappa shape index (κ2) is 10.7. The van der Waals surface area contributed by atoms with Crippen LogP contribution in [0.4, 0.5) is 10.2 Å². The van der Waals surface area contributed by atoms with Crippen molar-refractivity contribution in [1.82, 2.24) is 10.3 Å². The molecule has 7 nitrogen and oxygen atoms in total. The molecule has 0 bridgehead atoms. The van der Waals surface area contributed by atoms with E-state index in [1.54, 1.807) is 42.5 Å². The van der Waals surface area contributed by atoms with Crippen LogP contribution in [0, 0.1) is 5.82 Å². The molecule has 2 atom stereocenters. The fraction of sp³-hybridized carbons (Fsp3) is 0.269. The summed E-state index contributed by atoms with van der Waals surface area (Å²) in [5.41, 5.74) is 1.62. The van der Waals surface area contributed by atoms with Gasteiger partial charge in [0.15, 0.2) is 0 Å². The van der Waals surface area contributed by atoms with E-state index in [4.69, 9.17) is 21.1 Å². The van der Waals surface area contributed by atoms with Crippen LogP contribution in [0.2, 0.25) is 5.02 Å². The number of rotatable bonds is 7. The van der Waals surface area contributed by atoms with E-state index >= 15 is 0 Å². The Labute approximate surface area is 207 Å². The molecule has 1 N–H and O–H groups in total. The molecule has 2 unspecified atom stereocenters. The average molecular weight is 498 g/mol. The van der Waals surface area contributed by atoms with Gasteiger partial charge in [0.25, 0.3) is 5.91 Å². The molecule has 4 rings (SSSR count). The lowest BCUT2D eigenvalue weighted by Gasteiger charge is -2.22. The second-order valence-electron chi connectivity index (χ2n) is 8.26. The Balaban J connectivity index is 1.45. The zero-order chi connectivity index (χ0) is 24.9. The highest BCUT2D eigenvalue weighted by Crippen LogP contribution is 2.27. The molecular weight excluding hydrogens is 473 g/mol. The first-order valence-corrected chi connectivity index (χ1v) is 11.5. The monoisotopic (exact) mass is 497 g/mol. The minimum absolute atomic E-state index is 0.124. The summed E-state index contributed by atoms with van der Waals surface area (Å²) in [5.74, 6) is 0.0513. The van der Waals surface area contributed by atoms with Crippen molar-refractivity contribution in [2.45, 2.75) is 25.5 Å². The lowest BCUT2D eigenvalue weighted by atomic mass is 10.1. The van der Waals surface area contributed by atoms with Crippen LogP contribution in [0.25, 0.3) is 0 Å². The van der Waals surface area contributed by atoms with Crippen molar-refractivity contribution in [3.8, 4) is 5.75 Å². The van der Waals surface area contributed by atoms with Crippen molar-refractivity contribution in [1.29, 1.82) is 0 Å². The van der Waals surface area contributed by atoms with Crippen molar-refractivity contribution in [2.24, 2.45) is 0 Å². The minimum atomic E-state index is -0.421. The van der Waals surface area contributed by atoms with Crippen molar-refractivity contribution >= 4 is 29.3 Å². The zero-order valence-corrected chi connectivity index (χ0v) is 20.1. The number of carbonyl (C=O) groups is 2. The fourth-order valence-corrected chi connectivity index (χ4v) is 4.11. The number of halogens is 2. The van der Waals surface area contributed by atoms with Crippen LogP contribution in [0.1, 0.15) is 45.7 Å². The molecule has 3 aromatic rings. The third-order valence-electron chi connectivity index (χ3n) is 5.82. The van der Waals surface area contributed by atoms with Gasteiger partial charge in [0.2, 0.25) is 0 Å². The zero-order valence-electron chi connectivity index (χ0n) is 19.3. The van der Waals surface area contributed by atoms with Crippen molar-refractivity contribution in [2.75, 3.05) is 25.1 Å². The first kappa shape index (κ1) is 24.5. The average Bonchev–Trinajstić information content (AvgIpc) is 3.33. The summed E-state index contributed by atoms with van der Waals surface area (Å²) in [6.07, 6.45) is 2.11.